The second kappa shape index (κ2) is 8.43. The molecule has 2 heterocycles. The number of ether oxygens (including phenoxy) is 2. The van der Waals surface area contributed by atoms with E-state index in [9.17, 15) is 14.4 Å². The van der Waals surface area contributed by atoms with Gasteiger partial charge < -0.3 is 19.4 Å². The van der Waals surface area contributed by atoms with Gasteiger partial charge in [-0.3, -0.25) is 4.79 Å². The van der Waals surface area contributed by atoms with Crippen LogP contribution in [0.3, 0.4) is 0 Å². The summed E-state index contributed by atoms with van der Waals surface area (Å²) < 4.78 is 25.4. The van der Waals surface area contributed by atoms with E-state index in [0.717, 1.165) is 21.4 Å². The Morgan fingerprint density at radius 1 is 1.13 bits per heavy atom. The van der Waals surface area contributed by atoms with Gasteiger partial charge in [-0.2, -0.15) is 0 Å². The van der Waals surface area contributed by atoms with E-state index in [4.69, 9.17) is 23.8 Å². The fraction of sp³-hybridized carbons (Fsp3) is 0.261. The summed E-state index contributed by atoms with van der Waals surface area (Å²) in [6, 6.07) is 11.9. The summed E-state index contributed by atoms with van der Waals surface area (Å²) in [4.78, 5) is 42.3. The third-order valence-electron chi connectivity index (χ3n) is 5.57. The van der Waals surface area contributed by atoms with Crippen molar-refractivity contribution < 1.29 is 26.6 Å². The normalized spacial score (nSPS) is 19.3. The Morgan fingerprint density at radius 2 is 1.84 bits per heavy atom. The van der Waals surface area contributed by atoms with E-state index in [1.165, 1.54) is 14.2 Å². The Kier molecular flexibility index (Phi) is 5.02. The number of esters is 2. The third kappa shape index (κ3) is 3.55. The third-order valence-corrected chi connectivity index (χ3v) is 5.73. The molecule has 2 aromatic carbocycles. The van der Waals surface area contributed by atoms with Gasteiger partial charge in [0.1, 0.15) is 11.9 Å². The lowest BCUT2D eigenvalue weighted by atomic mass is 9.87. The van der Waals surface area contributed by atoms with Gasteiger partial charge in [-0.25, -0.2) is 9.59 Å². The summed E-state index contributed by atoms with van der Waals surface area (Å²) in [7, 11) is 2.49. The molecule has 0 saturated carbocycles. The molecule has 0 bridgehead atoms. The van der Waals surface area contributed by atoms with Gasteiger partial charge in [0.05, 0.1) is 28.6 Å². The van der Waals surface area contributed by atoms with Crippen molar-refractivity contribution >= 4 is 40.3 Å². The average Bonchev–Trinajstić information content (AvgIpc) is 3.19. The molecule has 1 aliphatic rings. The molecule has 0 fully saturated rings. The number of H-pyrrole nitrogens is 1. The summed E-state index contributed by atoms with van der Waals surface area (Å²) in [6.07, 6.45) is 0.126. The zero-order valence-corrected chi connectivity index (χ0v) is 17.6. The number of aromatic amines is 1. The molecule has 8 heteroatoms. The van der Waals surface area contributed by atoms with Gasteiger partial charge in [-0.1, -0.05) is 30.3 Å². The smallest absolute Gasteiger partial charge is 0.337 e. The maximum Gasteiger partial charge on any atom is 0.337 e. The number of fused-ring (bicyclic) bond motifs is 3. The monoisotopic (exact) mass is 442 g/mol. The van der Waals surface area contributed by atoms with Crippen LogP contribution in [0.4, 0.5) is 0 Å². The number of hydrogen-bond donors (Lipinski definition) is 1. The molecule has 1 aromatic heterocycles. The van der Waals surface area contributed by atoms with Crippen LogP contribution in [0.25, 0.3) is 10.9 Å². The Bertz CT molecular complexity index is 1240. The molecule has 4 rings (SSSR count). The number of halogens is 1. The van der Waals surface area contributed by atoms with E-state index in [1.54, 1.807) is 24.3 Å². The van der Waals surface area contributed by atoms with E-state index in [0.29, 0.717) is 16.8 Å². The predicted molar refractivity (Wildman–Crippen MR) is 115 cm³/mol. The molecule has 2 atom stereocenters. The zero-order chi connectivity index (χ0) is 23.9. The van der Waals surface area contributed by atoms with E-state index in [-0.39, 0.29) is 6.42 Å². The highest BCUT2D eigenvalue weighted by molar-refractivity contribution is 6.27. The number of alkyl halides is 1. The Labute approximate surface area is 186 Å². The molecule has 0 spiro atoms. The van der Waals surface area contributed by atoms with Crippen molar-refractivity contribution in [2.24, 2.45) is 0 Å². The quantitative estimate of drug-likeness (QED) is 0.495. The minimum Gasteiger partial charge on any atom is -0.467 e. The van der Waals surface area contributed by atoms with Crippen molar-refractivity contribution in [3.8, 4) is 0 Å². The molecule has 3 aromatic rings. The summed E-state index contributed by atoms with van der Waals surface area (Å²) in [5, 5.41) is 0.888. The van der Waals surface area contributed by atoms with Gasteiger partial charge in [0.25, 0.3) is 0 Å². The van der Waals surface area contributed by atoms with Crippen molar-refractivity contribution in [1.82, 2.24) is 9.88 Å². The second-order valence-electron chi connectivity index (χ2n) is 7.13. The van der Waals surface area contributed by atoms with Gasteiger partial charge in [0, 0.05) is 23.0 Å². The van der Waals surface area contributed by atoms with E-state index < -0.39 is 35.8 Å². The summed E-state index contributed by atoms with van der Waals surface area (Å²) in [5.74, 6) is -5.02. The van der Waals surface area contributed by atoms with Gasteiger partial charge in [-0.05, 0) is 29.3 Å². The number of carbonyl (C=O) groups excluding carboxylic acids is 3. The van der Waals surface area contributed by atoms with Gasteiger partial charge in [0.15, 0.2) is 0 Å². The highest BCUT2D eigenvalue weighted by Gasteiger charge is 2.43. The van der Waals surface area contributed by atoms with Crippen LogP contribution in [0.15, 0.2) is 48.5 Å². The average molecular weight is 443 g/mol. The predicted octanol–water partition coefficient (Wildman–Crippen LogP) is 3.21. The van der Waals surface area contributed by atoms with E-state index in [1.807, 2.05) is 24.3 Å². The van der Waals surface area contributed by atoms with Crippen LogP contribution in [0.2, 0.25) is 0 Å². The summed E-state index contributed by atoms with van der Waals surface area (Å²) in [6.45, 7) is 0. The largest absolute Gasteiger partial charge is 0.467 e. The van der Waals surface area contributed by atoms with Crippen LogP contribution in [-0.2, 0) is 25.5 Å². The van der Waals surface area contributed by atoms with Gasteiger partial charge in [-0.15, -0.1) is 11.6 Å². The lowest BCUT2D eigenvalue weighted by Crippen LogP contribution is -2.52. The number of hydrogen-bond acceptors (Lipinski definition) is 5. The molecule has 1 N–H and O–H groups in total. The van der Waals surface area contributed by atoms with Gasteiger partial charge in [0.2, 0.25) is 5.91 Å². The lowest BCUT2D eigenvalue weighted by Gasteiger charge is -2.40. The number of methoxy groups -OCH3 is 2. The van der Waals surface area contributed by atoms with Crippen molar-refractivity contribution in [2.45, 2.75) is 18.5 Å². The SMILES string of the molecule is [2H]C([2H])(Cl)C(=O)N1[C@@H](c2ccc(C(=O)OC)cc2)c2[nH]c3ccccc3c2C[C@@H]1C(=O)OC. The molecule has 0 unspecified atom stereocenters. The first-order valence-corrected chi connectivity index (χ1v) is 9.92. The molecule has 7 nitrogen and oxygen atoms in total. The van der Waals surface area contributed by atoms with Crippen molar-refractivity contribution in [3.05, 3.63) is 70.9 Å². The number of carbonyl (C=O) groups is 3. The molecule has 0 radical (unpaired) electrons. The van der Waals surface area contributed by atoms with Crippen LogP contribution in [-0.4, -0.2) is 53.8 Å². The minimum absolute atomic E-state index is 0.126. The molecular weight excluding hydrogens is 420 g/mol. The number of aromatic nitrogens is 1. The highest BCUT2D eigenvalue weighted by Crippen LogP contribution is 2.41. The second-order valence-corrected chi connectivity index (χ2v) is 7.32. The van der Waals surface area contributed by atoms with E-state index >= 15 is 0 Å². The van der Waals surface area contributed by atoms with Crippen LogP contribution >= 0.6 is 11.6 Å². The standard InChI is InChI=1S/C23H21ClN2O5/c1-30-22(28)14-9-7-13(8-10-14)21-20-16(15-5-3-4-6-17(15)25-20)11-18(23(29)31-2)26(21)19(27)12-24/h3-10,18,21,25H,11-12H2,1-2H3/t18-,21+/m1/s1/i12D2. The lowest BCUT2D eigenvalue weighted by molar-refractivity contribution is -0.154. The van der Waals surface area contributed by atoms with Crippen molar-refractivity contribution in [2.75, 3.05) is 20.1 Å². The molecule has 0 saturated heterocycles. The number of amides is 1. The first kappa shape index (κ1) is 18.4. The first-order chi connectivity index (χ1) is 15.7. The van der Waals surface area contributed by atoms with Crippen LogP contribution < -0.4 is 0 Å². The minimum atomic E-state index is -2.75. The van der Waals surface area contributed by atoms with E-state index in [2.05, 4.69) is 4.98 Å². The fourth-order valence-electron chi connectivity index (χ4n) is 4.17. The number of rotatable bonds is 4. The molecule has 31 heavy (non-hydrogen) atoms. The molecular formula is C23H21ClN2O5. The van der Waals surface area contributed by atoms with Crippen molar-refractivity contribution in [1.29, 1.82) is 0 Å². The highest BCUT2D eigenvalue weighted by atomic mass is 35.5. The molecule has 1 amide bonds. The number of para-hydroxylation sites is 1. The maximum absolute atomic E-state index is 13.2. The van der Waals surface area contributed by atoms with Crippen LogP contribution in [0, 0.1) is 0 Å². The summed E-state index contributed by atoms with van der Waals surface area (Å²) in [5.41, 5.74) is 3.13. The molecule has 160 valence electrons. The Morgan fingerprint density at radius 3 is 2.48 bits per heavy atom. The number of benzene rings is 2. The van der Waals surface area contributed by atoms with Crippen LogP contribution in [0.1, 0.15) is 36.0 Å². The van der Waals surface area contributed by atoms with Gasteiger partial charge >= 0.3 is 11.9 Å². The number of nitrogens with zero attached hydrogens (tertiary/aromatic N) is 1. The topological polar surface area (TPSA) is 88.7 Å². The molecule has 0 aliphatic carbocycles. The summed E-state index contributed by atoms with van der Waals surface area (Å²) >= 11 is 5.79. The first-order valence-electron chi connectivity index (χ1n) is 10.5. The Hall–Kier alpha value is -3.32. The zero-order valence-electron chi connectivity index (χ0n) is 18.8. The van der Waals surface area contributed by atoms with Crippen LogP contribution in [0.5, 0.6) is 0 Å². The Balaban J connectivity index is 1.96. The number of nitrogens with one attached hydrogen (secondary N) is 1. The fourth-order valence-corrected chi connectivity index (χ4v) is 4.27. The van der Waals surface area contributed by atoms with Crippen molar-refractivity contribution in [3.63, 3.8) is 0 Å². The molecule has 1 aliphatic heterocycles. The maximum atomic E-state index is 13.2.